The van der Waals surface area contributed by atoms with Gasteiger partial charge in [0.05, 0.1) is 26.4 Å². The molecule has 0 spiro atoms. The first-order chi connectivity index (χ1) is 16.3. The molecule has 2 rings (SSSR count). The van der Waals surface area contributed by atoms with Gasteiger partial charge in [-0.15, -0.1) is 0 Å². The molecule has 0 saturated carbocycles. The predicted octanol–water partition coefficient (Wildman–Crippen LogP) is 5.61. The molecule has 0 saturated heterocycles. The van der Waals surface area contributed by atoms with Crippen molar-refractivity contribution in [2.24, 2.45) is 10.2 Å². The van der Waals surface area contributed by atoms with Crippen LogP contribution in [0.2, 0.25) is 5.02 Å². The molecule has 184 valence electrons. The van der Waals surface area contributed by atoms with E-state index in [0.717, 1.165) is 0 Å². The Labute approximate surface area is 204 Å². The number of carbonyl (C=O) groups is 2. The molecule has 2 aromatic rings. The molecule has 0 fully saturated rings. The SMILES string of the molecule is CCOc1ccc(N=NC(C(C)=O)C(=O)Nc2c(OCC)cc(Cl)cc2OCC)c(OCC)c1. The normalized spacial score (nSPS) is 11.7. The van der Waals surface area contributed by atoms with Crippen molar-refractivity contribution in [3.63, 3.8) is 0 Å². The van der Waals surface area contributed by atoms with E-state index in [2.05, 4.69) is 15.5 Å². The van der Waals surface area contributed by atoms with E-state index < -0.39 is 17.7 Å². The summed E-state index contributed by atoms with van der Waals surface area (Å²) in [7, 11) is 0. The summed E-state index contributed by atoms with van der Waals surface area (Å²) in [6.45, 7) is 10.1. The van der Waals surface area contributed by atoms with E-state index in [9.17, 15) is 9.59 Å². The van der Waals surface area contributed by atoms with Gasteiger partial charge in [-0.2, -0.15) is 10.2 Å². The van der Waals surface area contributed by atoms with E-state index in [-0.39, 0.29) is 5.69 Å². The Kier molecular flexibility index (Phi) is 10.6. The number of halogens is 1. The average molecular weight is 492 g/mol. The smallest absolute Gasteiger partial charge is 0.259 e. The number of azo groups is 1. The van der Waals surface area contributed by atoms with Crippen LogP contribution < -0.4 is 24.3 Å². The molecule has 10 heteroatoms. The van der Waals surface area contributed by atoms with Crippen LogP contribution in [0, 0.1) is 0 Å². The van der Waals surface area contributed by atoms with Gasteiger partial charge in [-0.3, -0.25) is 9.59 Å². The van der Waals surface area contributed by atoms with Gasteiger partial charge < -0.3 is 24.3 Å². The van der Waals surface area contributed by atoms with Crippen LogP contribution in [0.25, 0.3) is 0 Å². The van der Waals surface area contributed by atoms with E-state index in [4.69, 9.17) is 30.5 Å². The summed E-state index contributed by atoms with van der Waals surface area (Å²) >= 11 is 6.15. The van der Waals surface area contributed by atoms with Crippen molar-refractivity contribution in [3.05, 3.63) is 35.4 Å². The van der Waals surface area contributed by atoms with E-state index >= 15 is 0 Å². The average Bonchev–Trinajstić information content (AvgIpc) is 2.78. The molecule has 0 aliphatic carbocycles. The Morgan fingerprint density at radius 2 is 1.44 bits per heavy atom. The maximum atomic E-state index is 13.0. The van der Waals surface area contributed by atoms with E-state index in [1.807, 2.05) is 13.8 Å². The van der Waals surface area contributed by atoms with Crippen molar-refractivity contribution >= 4 is 34.7 Å². The van der Waals surface area contributed by atoms with Crippen LogP contribution in [0.1, 0.15) is 34.6 Å². The van der Waals surface area contributed by atoms with Crippen molar-refractivity contribution in [2.75, 3.05) is 31.7 Å². The Hall–Kier alpha value is -3.33. The van der Waals surface area contributed by atoms with Crippen LogP contribution >= 0.6 is 11.6 Å². The minimum absolute atomic E-state index is 0.260. The number of ketones is 1. The van der Waals surface area contributed by atoms with Gasteiger partial charge in [0.15, 0.2) is 5.78 Å². The molecule has 1 N–H and O–H groups in total. The number of anilines is 1. The number of rotatable bonds is 13. The summed E-state index contributed by atoms with van der Waals surface area (Å²) in [5, 5.41) is 11.2. The standard InChI is InChI=1S/C24H30ClN3O6/c1-6-31-17-10-11-18(19(14-17)32-7-2)27-28-22(15(5)29)24(30)26-23-20(33-8-3)12-16(25)13-21(23)34-9-4/h10-14,22H,6-9H2,1-5H3,(H,26,30). The number of carbonyl (C=O) groups excluding carboxylic acids is 2. The van der Waals surface area contributed by atoms with Crippen LogP contribution in [0.4, 0.5) is 11.4 Å². The molecule has 0 aliphatic heterocycles. The minimum Gasteiger partial charge on any atom is -0.494 e. The molecule has 2 aromatic carbocycles. The zero-order valence-corrected chi connectivity index (χ0v) is 20.8. The third-order valence-corrected chi connectivity index (χ3v) is 4.55. The second kappa shape index (κ2) is 13.4. The van der Waals surface area contributed by atoms with Gasteiger partial charge in [0, 0.05) is 23.2 Å². The third kappa shape index (κ3) is 7.34. The van der Waals surface area contributed by atoms with Gasteiger partial charge in [-0.25, -0.2) is 0 Å². The number of Topliss-reactive ketones (excluding diaryl/α,β-unsaturated/α-hetero) is 1. The molecule has 1 amide bonds. The summed E-state index contributed by atoms with van der Waals surface area (Å²) in [5.74, 6) is 0.488. The highest BCUT2D eigenvalue weighted by atomic mass is 35.5. The molecule has 1 unspecified atom stereocenters. The molecular formula is C24H30ClN3O6. The fourth-order valence-electron chi connectivity index (χ4n) is 2.95. The first-order valence-corrected chi connectivity index (χ1v) is 11.4. The van der Waals surface area contributed by atoms with E-state index in [1.54, 1.807) is 44.2 Å². The van der Waals surface area contributed by atoms with Crippen LogP contribution in [-0.2, 0) is 9.59 Å². The first-order valence-electron chi connectivity index (χ1n) is 11.0. The molecule has 0 aromatic heterocycles. The van der Waals surface area contributed by atoms with Crippen molar-refractivity contribution in [2.45, 2.75) is 40.7 Å². The number of nitrogens with zero attached hydrogens (tertiary/aromatic N) is 2. The second-order valence-corrected chi connectivity index (χ2v) is 7.29. The minimum atomic E-state index is -1.40. The van der Waals surface area contributed by atoms with Gasteiger partial charge >= 0.3 is 0 Å². The number of hydrogen-bond donors (Lipinski definition) is 1. The van der Waals surface area contributed by atoms with Crippen molar-refractivity contribution < 1.29 is 28.5 Å². The lowest BCUT2D eigenvalue weighted by Crippen LogP contribution is -2.32. The van der Waals surface area contributed by atoms with Crippen LogP contribution in [0.15, 0.2) is 40.6 Å². The van der Waals surface area contributed by atoms with E-state index in [0.29, 0.717) is 60.1 Å². The molecule has 0 heterocycles. The second-order valence-electron chi connectivity index (χ2n) is 6.86. The monoisotopic (exact) mass is 491 g/mol. The zero-order chi connectivity index (χ0) is 25.1. The van der Waals surface area contributed by atoms with Gasteiger partial charge in [0.2, 0.25) is 6.04 Å². The highest BCUT2D eigenvalue weighted by Crippen LogP contribution is 2.38. The maximum Gasteiger partial charge on any atom is 0.259 e. The van der Waals surface area contributed by atoms with Gasteiger partial charge in [0.1, 0.15) is 34.4 Å². The largest absolute Gasteiger partial charge is 0.494 e. The van der Waals surface area contributed by atoms with Crippen molar-refractivity contribution in [1.82, 2.24) is 0 Å². The molecule has 9 nitrogen and oxygen atoms in total. The van der Waals surface area contributed by atoms with Gasteiger partial charge in [-0.1, -0.05) is 11.6 Å². The molecular weight excluding hydrogens is 462 g/mol. The van der Waals surface area contributed by atoms with Crippen molar-refractivity contribution in [1.29, 1.82) is 0 Å². The first kappa shape index (κ1) is 26.9. The fraction of sp³-hybridized carbons (Fsp3) is 0.417. The van der Waals surface area contributed by atoms with Gasteiger partial charge in [0.25, 0.3) is 5.91 Å². The molecule has 0 aliphatic rings. The van der Waals surface area contributed by atoms with Gasteiger partial charge in [-0.05, 0) is 46.8 Å². The summed E-state index contributed by atoms with van der Waals surface area (Å²) < 4.78 is 22.3. The highest BCUT2D eigenvalue weighted by Gasteiger charge is 2.26. The van der Waals surface area contributed by atoms with Crippen molar-refractivity contribution in [3.8, 4) is 23.0 Å². The summed E-state index contributed by atoms with van der Waals surface area (Å²) in [4.78, 5) is 25.3. The number of nitrogens with one attached hydrogen (secondary N) is 1. The topological polar surface area (TPSA) is 108 Å². The lowest BCUT2D eigenvalue weighted by atomic mass is 10.2. The lowest BCUT2D eigenvalue weighted by molar-refractivity contribution is -0.126. The maximum absolute atomic E-state index is 13.0. The zero-order valence-electron chi connectivity index (χ0n) is 20.0. The summed E-state index contributed by atoms with van der Waals surface area (Å²) in [5.41, 5.74) is 0.622. The number of benzene rings is 2. The molecule has 1 atom stereocenters. The highest BCUT2D eigenvalue weighted by molar-refractivity contribution is 6.31. The quantitative estimate of drug-likeness (QED) is 0.288. The van der Waals surface area contributed by atoms with Crippen LogP contribution in [0.5, 0.6) is 23.0 Å². The molecule has 0 bridgehead atoms. The lowest BCUT2D eigenvalue weighted by Gasteiger charge is -2.18. The Bertz CT molecular complexity index is 1000. The predicted molar refractivity (Wildman–Crippen MR) is 130 cm³/mol. The molecule has 0 radical (unpaired) electrons. The third-order valence-electron chi connectivity index (χ3n) is 4.34. The summed E-state index contributed by atoms with van der Waals surface area (Å²) in [6, 6.07) is 6.75. The van der Waals surface area contributed by atoms with E-state index in [1.165, 1.54) is 6.92 Å². The number of hydrogen-bond acceptors (Lipinski definition) is 8. The number of ether oxygens (including phenoxy) is 4. The Morgan fingerprint density at radius 3 is 1.97 bits per heavy atom. The van der Waals surface area contributed by atoms with Crippen LogP contribution in [-0.4, -0.2) is 44.2 Å². The molecule has 34 heavy (non-hydrogen) atoms. The Morgan fingerprint density at radius 1 is 0.882 bits per heavy atom. The summed E-state index contributed by atoms with van der Waals surface area (Å²) in [6.07, 6.45) is 0. The Balaban J connectivity index is 2.36. The number of amides is 1. The van der Waals surface area contributed by atoms with Crippen LogP contribution in [0.3, 0.4) is 0 Å². The fourth-order valence-corrected chi connectivity index (χ4v) is 3.15.